The number of hydrogen-bond donors (Lipinski definition) is 0. The van der Waals surface area contributed by atoms with Gasteiger partial charge in [-0.3, -0.25) is 0 Å². The van der Waals surface area contributed by atoms with Gasteiger partial charge in [-0.2, -0.15) is 9.83 Å². The Morgan fingerprint density at radius 2 is 1.94 bits per heavy atom. The summed E-state index contributed by atoms with van der Waals surface area (Å²) >= 11 is 1.73. The zero-order valence-corrected chi connectivity index (χ0v) is 10.7. The van der Waals surface area contributed by atoms with Crippen LogP contribution in [0.2, 0.25) is 0 Å². The number of rotatable bonds is 2. The number of aryl methyl sites for hydroxylation is 1. The van der Waals surface area contributed by atoms with Crippen molar-refractivity contribution in [3.05, 3.63) is 51.5 Å². The first-order valence-electron chi connectivity index (χ1n) is 5.33. The lowest BCUT2D eigenvalue weighted by molar-refractivity contribution is -0.674. The fourth-order valence-corrected chi connectivity index (χ4v) is 2.36. The third kappa shape index (κ3) is 2.61. The lowest BCUT2D eigenvalue weighted by atomic mass is 10.1. The van der Waals surface area contributed by atoms with Crippen LogP contribution >= 0.6 is 11.3 Å². The van der Waals surface area contributed by atoms with E-state index in [4.69, 9.17) is 5.26 Å². The molecule has 2 rings (SSSR count). The largest absolute Gasteiger partial charge is 0.261 e. The summed E-state index contributed by atoms with van der Waals surface area (Å²) < 4.78 is 2.16. The standard InChI is InChI=1S/C14H13N2S/c1-11-10-17-14(16(11)2)8-7-12-3-5-13(9-15)6-4-12/h3-8,10H,1-2H3/q+1. The first kappa shape index (κ1) is 11.6. The van der Waals surface area contributed by atoms with E-state index >= 15 is 0 Å². The molecular weight excluding hydrogens is 228 g/mol. The molecule has 0 bridgehead atoms. The molecule has 0 amide bonds. The van der Waals surface area contributed by atoms with Crippen LogP contribution in [0.25, 0.3) is 12.2 Å². The number of nitrogens with zero attached hydrogens (tertiary/aromatic N) is 2. The molecule has 0 radical (unpaired) electrons. The van der Waals surface area contributed by atoms with Crippen molar-refractivity contribution < 1.29 is 4.57 Å². The smallest absolute Gasteiger partial charge is 0.192 e. The van der Waals surface area contributed by atoms with E-state index in [0.29, 0.717) is 5.56 Å². The molecule has 0 fully saturated rings. The Bertz CT molecular complexity index is 586. The zero-order chi connectivity index (χ0) is 12.3. The first-order valence-corrected chi connectivity index (χ1v) is 6.21. The van der Waals surface area contributed by atoms with E-state index < -0.39 is 0 Å². The second-order valence-electron chi connectivity index (χ2n) is 3.84. The van der Waals surface area contributed by atoms with Crippen LogP contribution < -0.4 is 4.57 Å². The molecule has 1 heterocycles. The lowest BCUT2D eigenvalue weighted by Crippen LogP contribution is -2.31. The Kier molecular flexibility index (Phi) is 3.36. The summed E-state index contributed by atoms with van der Waals surface area (Å²) in [7, 11) is 2.06. The monoisotopic (exact) mass is 241 g/mol. The third-order valence-electron chi connectivity index (χ3n) is 2.67. The highest BCUT2D eigenvalue weighted by Crippen LogP contribution is 2.11. The van der Waals surface area contributed by atoms with Crippen LogP contribution in [0.5, 0.6) is 0 Å². The normalized spacial score (nSPS) is 10.6. The van der Waals surface area contributed by atoms with Gasteiger partial charge in [0.15, 0.2) is 5.69 Å². The molecule has 1 aromatic heterocycles. The SMILES string of the molecule is Cc1csc(C=Cc2ccc(C#N)cc2)[n+]1C. The van der Waals surface area contributed by atoms with Gasteiger partial charge in [-0.25, -0.2) is 0 Å². The van der Waals surface area contributed by atoms with E-state index in [1.807, 2.05) is 24.3 Å². The van der Waals surface area contributed by atoms with Crippen molar-refractivity contribution >= 4 is 23.5 Å². The predicted molar refractivity (Wildman–Crippen MR) is 70.3 cm³/mol. The minimum absolute atomic E-state index is 0.694. The molecule has 0 aliphatic heterocycles. The molecule has 1 aromatic carbocycles. The van der Waals surface area contributed by atoms with Gasteiger partial charge in [0, 0.05) is 13.0 Å². The Balaban J connectivity index is 2.20. The Morgan fingerprint density at radius 1 is 1.24 bits per heavy atom. The fourth-order valence-electron chi connectivity index (χ4n) is 1.46. The topological polar surface area (TPSA) is 27.7 Å². The minimum atomic E-state index is 0.694. The van der Waals surface area contributed by atoms with Crippen LogP contribution in [0.15, 0.2) is 29.6 Å². The maximum atomic E-state index is 8.71. The van der Waals surface area contributed by atoms with E-state index in [-0.39, 0.29) is 0 Å². The molecule has 2 aromatic rings. The molecule has 0 saturated carbocycles. The molecule has 0 atom stereocenters. The van der Waals surface area contributed by atoms with Gasteiger partial charge in [0.2, 0.25) is 0 Å². The molecule has 0 aliphatic rings. The second kappa shape index (κ2) is 4.94. The van der Waals surface area contributed by atoms with Crippen molar-refractivity contribution in [2.24, 2.45) is 7.05 Å². The van der Waals surface area contributed by atoms with E-state index in [2.05, 4.69) is 42.1 Å². The average molecular weight is 241 g/mol. The van der Waals surface area contributed by atoms with E-state index in [9.17, 15) is 0 Å². The average Bonchev–Trinajstić information content (AvgIpc) is 2.68. The molecule has 0 saturated heterocycles. The van der Waals surface area contributed by atoms with Gasteiger partial charge in [0.1, 0.15) is 7.05 Å². The minimum Gasteiger partial charge on any atom is -0.192 e. The molecule has 3 heteroatoms. The van der Waals surface area contributed by atoms with Crippen molar-refractivity contribution in [3.8, 4) is 6.07 Å². The number of benzene rings is 1. The summed E-state index contributed by atoms with van der Waals surface area (Å²) in [5.74, 6) is 0. The lowest BCUT2D eigenvalue weighted by Gasteiger charge is -1.92. The summed E-state index contributed by atoms with van der Waals surface area (Å²) in [6, 6.07) is 9.69. The maximum absolute atomic E-state index is 8.71. The van der Waals surface area contributed by atoms with E-state index in [1.54, 1.807) is 11.3 Å². The van der Waals surface area contributed by atoms with Gasteiger partial charge in [-0.1, -0.05) is 23.5 Å². The number of thiazole rings is 1. The van der Waals surface area contributed by atoms with Crippen LogP contribution in [-0.4, -0.2) is 0 Å². The van der Waals surface area contributed by atoms with Crippen LogP contribution in [0.1, 0.15) is 21.8 Å². The molecule has 84 valence electrons. The molecular formula is C14H13N2S+. The number of nitriles is 1. The van der Waals surface area contributed by atoms with E-state index in [0.717, 1.165) is 5.56 Å². The predicted octanol–water partition coefficient (Wildman–Crippen LogP) is 2.92. The highest BCUT2D eigenvalue weighted by Gasteiger charge is 2.08. The van der Waals surface area contributed by atoms with Gasteiger partial charge in [0.05, 0.1) is 17.0 Å². The highest BCUT2D eigenvalue weighted by atomic mass is 32.1. The van der Waals surface area contributed by atoms with Gasteiger partial charge in [0.25, 0.3) is 5.01 Å². The quantitative estimate of drug-likeness (QED) is 0.743. The van der Waals surface area contributed by atoms with Gasteiger partial charge >= 0.3 is 0 Å². The molecule has 0 unspecified atom stereocenters. The van der Waals surface area contributed by atoms with E-state index in [1.165, 1.54) is 10.7 Å². The maximum Gasteiger partial charge on any atom is 0.261 e. The molecule has 17 heavy (non-hydrogen) atoms. The molecule has 2 nitrogen and oxygen atoms in total. The van der Waals surface area contributed by atoms with Crippen molar-refractivity contribution in [1.82, 2.24) is 0 Å². The molecule has 0 aliphatic carbocycles. The Labute approximate surface area is 105 Å². The summed E-state index contributed by atoms with van der Waals surface area (Å²) in [4.78, 5) is 0. The van der Waals surface area contributed by atoms with Gasteiger partial charge in [-0.15, -0.1) is 0 Å². The van der Waals surface area contributed by atoms with Crippen LogP contribution in [0.3, 0.4) is 0 Å². The summed E-state index contributed by atoms with van der Waals surface area (Å²) in [5.41, 5.74) is 3.06. The summed E-state index contributed by atoms with van der Waals surface area (Å²) in [6.07, 6.45) is 4.16. The van der Waals surface area contributed by atoms with Gasteiger partial charge < -0.3 is 0 Å². The van der Waals surface area contributed by atoms with Crippen LogP contribution in [0.4, 0.5) is 0 Å². The second-order valence-corrected chi connectivity index (χ2v) is 4.73. The fraction of sp³-hybridized carbons (Fsp3) is 0.143. The molecule has 0 spiro atoms. The highest BCUT2D eigenvalue weighted by molar-refractivity contribution is 7.10. The summed E-state index contributed by atoms with van der Waals surface area (Å²) in [6.45, 7) is 2.09. The van der Waals surface area contributed by atoms with Crippen molar-refractivity contribution in [1.29, 1.82) is 5.26 Å². The molecule has 0 N–H and O–H groups in total. The Morgan fingerprint density at radius 3 is 2.47 bits per heavy atom. The number of aromatic nitrogens is 1. The van der Waals surface area contributed by atoms with Crippen molar-refractivity contribution in [2.75, 3.05) is 0 Å². The van der Waals surface area contributed by atoms with Crippen molar-refractivity contribution in [2.45, 2.75) is 6.92 Å². The summed E-state index contributed by atoms with van der Waals surface area (Å²) in [5, 5.41) is 12.1. The Hall–Kier alpha value is -1.92. The third-order valence-corrected chi connectivity index (χ3v) is 3.78. The zero-order valence-electron chi connectivity index (χ0n) is 9.84. The van der Waals surface area contributed by atoms with Gasteiger partial charge in [-0.05, 0) is 23.8 Å². The first-order chi connectivity index (χ1) is 8.20. The van der Waals surface area contributed by atoms with Crippen molar-refractivity contribution in [3.63, 3.8) is 0 Å². The van der Waals surface area contributed by atoms with Crippen LogP contribution in [0, 0.1) is 18.3 Å². The number of hydrogen-bond acceptors (Lipinski definition) is 2. The van der Waals surface area contributed by atoms with Crippen LogP contribution in [-0.2, 0) is 7.05 Å².